The lowest BCUT2D eigenvalue weighted by Gasteiger charge is -2.12. The van der Waals surface area contributed by atoms with Gasteiger partial charge in [0.1, 0.15) is 11.4 Å². The topological polar surface area (TPSA) is 183 Å². The summed E-state index contributed by atoms with van der Waals surface area (Å²) < 4.78 is 5.55. The number of unbranched alkanes of at least 4 members (excludes halogenated alkanes) is 9. The molecule has 0 fully saturated rings. The lowest BCUT2D eigenvalue weighted by molar-refractivity contribution is -0.393. The first-order valence-electron chi connectivity index (χ1n) is 18.1. The van der Waals surface area contributed by atoms with Gasteiger partial charge in [-0.05, 0) is 62.3 Å². The number of carbonyl (C=O) groups excluding carboxylic acids is 3. The van der Waals surface area contributed by atoms with E-state index in [1.807, 2.05) is 19.1 Å². The van der Waals surface area contributed by atoms with Crippen molar-refractivity contribution in [3.63, 3.8) is 0 Å². The number of nitro groups is 2. The average molecular weight is 698 g/mol. The predicted octanol–water partition coefficient (Wildman–Crippen LogP) is 7.80. The molecular formula is C37H55N5O8. The number of hydrogen-bond donors (Lipinski definition) is 3. The predicted molar refractivity (Wildman–Crippen MR) is 194 cm³/mol. The van der Waals surface area contributed by atoms with Crippen molar-refractivity contribution in [2.24, 2.45) is 5.92 Å². The minimum absolute atomic E-state index is 0.00314. The van der Waals surface area contributed by atoms with Gasteiger partial charge < -0.3 is 20.7 Å². The van der Waals surface area contributed by atoms with Crippen LogP contribution in [0.15, 0.2) is 42.5 Å². The highest BCUT2D eigenvalue weighted by Gasteiger charge is 2.19. The number of ether oxygens (including phenoxy) is 1. The largest absolute Gasteiger partial charge is 0.426 e. The lowest BCUT2D eigenvalue weighted by Crippen LogP contribution is -2.25. The summed E-state index contributed by atoms with van der Waals surface area (Å²) in [7, 11) is 0. The Morgan fingerprint density at radius 2 is 1.32 bits per heavy atom. The first kappa shape index (κ1) is 41.6. The minimum atomic E-state index is -0.674. The average Bonchev–Trinajstić information content (AvgIpc) is 3.09. The van der Waals surface area contributed by atoms with E-state index >= 15 is 0 Å². The molecule has 0 heterocycles. The zero-order valence-electron chi connectivity index (χ0n) is 29.7. The SMILES string of the molecule is CCCCCCCC[C@@H](C)C(=O)Oc1ccc(CCNC(=O)CCCCCNC(=O)CCCCCNc2ccc([N+](=O)[O-])cc2[N+](=O)[O-])cc1. The van der Waals surface area contributed by atoms with Gasteiger partial charge >= 0.3 is 5.97 Å². The summed E-state index contributed by atoms with van der Waals surface area (Å²) in [5, 5.41) is 30.9. The van der Waals surface area contributed by atoms with Gasteiger partial charge in [-0.3, -0.25) is 34.6 Å². The maximum Gasteiger partial charge on any atom is 0.314 e. The molecule has 0 bridgehead atoms. The Morgan fingerprint density at radius 3 is 1.96 bits per heavy atom. The van der Waals surface area contributed by atoms with E-state index < -0.39 is 9.85 Å². The van der Waals surface area contributed by atoms with Gasteiger partial charge in [-0.25, -0.2) is 0 Å². The number of esters is 1. The summed E-state index contributed by atoms with van der Waals surface area (Å²) in [4.78, 5) is 57.5. The lowest BCUT2D eigenvalue weighted by atomic mass is 10.0. The van der Waals surface area contributed by atoms with Crippen LogP contribution >= 0.6 is 0 Å². The van der Waals surface area contributed by atoms with Crippen LogP contribution in [0, 0.1) is 26.1 Å². The molecule has 2 rings (SSSR count). The molecule has 13 nitrogen and oxygen atoms in total. The molecule has 50 heavy (non-hydrogen) atoms. The van der Waals surface area contributed by atoms with E-state index in [-0.39, 0.29) is 40.8 Å². The third-order valence-corrected chi connectivity index (χ3v) is 8.46. The van der Waals surface area contributed by atoms with Gasteiger partial charge in [0.25, 0.3) is 11.4 Å². The van der Waals surface area contributed by atoms with Gasteiger partial charge in [0.2, 0.25) is 11.8 Å². The summed E-state index contributed by atoms with van der Waals surface area (Å²) in [6.07, 6.45) is 14.0. The third-order valence-electron chi connectivity index (χ3n) is 8.46. The van der Waals surface area contributed by atoms with Crippen molar-refractivity contribution >= 4 is 34.8 Å². The Morgan fingerprint density at radius 1 is 0.720 bits per heavy atom. The second-order valence-corrected chi connectivity index (χ2v) is 12.7. The zero-order chi connectivity index (χ0) is 36.6. The van der Waals surface area contributed by atoms with Crippen LogP contribution in [0.4, 0.5) is 17.1 Å². The van der Waals surface area contributed by atoms with Crippen molar-refractivity contribution < 1.29 is 29.0 Å². The Hall–Kier alpha value is -4.55. The van der Waals surface area contributed by atoms with Crippen molar-refractivity contribution in [2.75, 3.05) is 25.0 Å². The van der Waals surface area contributed by atoms with Crippen LogP contribution in [-0.2, 0) is 20.8 Å². The molecule has 0 radical (unpaired) electrons. The monoisotopic (exact) mass is 697 g/mol. The van der Waals surface area contributed by atoms with Crippen molar-refractivity contribution in [3.8, 4) is 5.75 Å². The summed E-state index contributed by atoms with van der Waals surface area (Å²) in [5.41, 5.74) is 0.588. The molecule has 3 N–H and O–H groups in total. The van der Waals surface area contributed by atoms with Gasteiger partial charge in [0, 0.05) is 38.5 Å². The number of nitrogens with one attached hydrogen (secondary N) is 3. The molecule has 2 aromatic rings. The molecule has 276 valence electrons. The fourth-order valence-corrected chi connectivity index (χ4v) is 5.37. The third kappa shape index (κ3) is 17.7. The molecule has 0 unspecified atom stereocenters. The van der Waals surface area contributed by atoms with Crippen molar-refractivity contribution in [3.05, 3.63) is 68.3 Å². The Balaban J connectivity index is 1.46. The molecule has 0 spiro atoms. The molecule has 13 heteroatoms. The smallest absolute Gasteiger partial charge is 0.314 e. The number of amides is 2. The molecular weight excluding hydrogens is 642 g/mol. The Bertz CT molecular complexity index is 1350. The van der Waals surface area contributed by atoms with E-state index in [2.05, 4.69) is 22.9 Å². The molecule has 0 aliphatic carbocycles. The number of benzene rings is 2. The standard InChI is InChI=1S/C37H55N5O8/c1-3-4-5-6-7-10-15-29(2)37(45)50-32-21-18-30(19-22-32)24-27-40-36(44)17-12-9-14-26-39-35(43)16-11-8-13-25-38-33-23-20-31(41(46)47)28-34(33)42(48)49/h18-23,28-29,38H,3-17,24-27H2,1-2H3,(H,39,43)(H,40,44)/t29-/m1/s1. The van der Waals surface area contributed by atoms with Crippen LogP contribution in [0.5, 0.6) is 5.75 Å². The van der Waals surface area contributed by atoms with Gasteiger partial charge in [0.15, 0.2) is 0 Å². The van der Waals surface area contributed by atoms with E-state index in [1.165, 1.54) is 37.8 Å². The quantitative estimate of drug-likeness (QED) is 0.0276. The van der Waals surface area contributed by atoms with Crippen LogP contribution in [0.3, 0.4) is 0 Å². The van der Waals surface area contributed by atoms with Crippen molar-refractivity contribution in [1.82, 2.24) is 10.6 Å². The molecule has 2 amide bonds. The number of nitrogens with zero attached hydrogens (tertiary/aromatic N) is 2. The number of nitro benzene ring substituents is 2. The molecule has 0 saturated carbocycles. The van der Waals surface area contributed by atoms with Crippen LogP contribution < -0.4 is 20.7 Å². The number of hydrogen-bond acceptors (Lipinski definition) is 9. The van der Waals surface area contributed by atoms with Crippen LogP contribution in [0.1, 0.15) is 116 Å². The number of carbonyl (C=O) groups is 3. The van der Waals surface area contributed by atoms with Gasteiger partial charge in [-0.15, -0.1) is 0 Å². The van der Waals surface area contributed by atoms with Gasteiger partial charge in [-0.1, -0.05) is 77.3 Å². The Labute approximate surface area is 295 Å². The zero-order valence-corrected chi connectivity index (χ0v) is 29.7. The number of non-ortho nitro benzene ring substituents is 1. The number of anilines is 1. The van der Waals surface area contributed by atoms with E-state index in [1.54, 1.807) is 12.1 Å². The van der Waals surface area contributed by atoms with Crippen molar-refractivity contribution in [1.29, 1.82) is 0 Å². The maximum atomic E-state index is 12.4. The van der Waals surface area contributed by atoms with Gasteiger partial charge in [0.05, 0.1) is 21.8 Å². The summed E-state index contributed by atoms with van der Waals surface area (Å²) in [6, 6.07) is 10.9. The summed E-state index contributed by atoms with van der Waals surface area (Å²) in [6.45, 7) is 5.64. The van der Waals surface area contributed by atoms with Crippen molar-refractivity contribution in [2.45, 2.75) is 117 Å². The van der Waals surface area contributed by atoms with E-state index in [0.717, 1.165) is 56.6 Å². The van der Waals surface area contributed by atoms with Crippen LogP contribution in [-0.4, -0.2) is 47.3 Å². The van der Waals surface area contributed by atoms with Crippen LogP contribution in [0.25, 0.3) is 0 Å². The highest BCUT2D eigenvalue weighted by Crippen LogP contribution is 2.29. The first-order chi connectivity index (χ1) is 24.1. The maximum absolute atomic E-state index is 12.4. The minimum Gasteiger partial charge on any atom is -0.426 e. The highest BCUT2D eigenvalue weighted by molar-refractivity contribution is 5.76. The molecule has 0 aliphatic heterocycles. The molecule has 2 aromatic carbocycles. The van der Waals surface area contributed by atoms with Gasteiger partial charge in [-0.2, -0.15) is 0 Å². The van der Waals surface area contributed by atoms with E-state index in [9.17, 15) is 34.6 Å². The summed E-state index contributed by atoms with van der Waals surface area (Å²) in [5.74, 6) is 0.183. The second kappa shape index (κ2) is 24.6. The molecule has 0 aliphatic rings. The fourth-order valence-electron chi connectivity index (χ4n) is 5.37. The van der Waals surface area contributed by atoms with E-state index in [4.69, 9.17) is 4.74 Å². The highest BCUT2D eigenvalue weighted by atomic mass is 16.6. The molecule has 0 aromatic heterocycles. The van der Waals surface area contributed by atoms with E-state index in [0.29, 0.717) is 57.5 Å². The van der Waals surface area contributed by atoms with Crippen LogP contribution in [0.2, 0.25) is 0 Å². The number of rotatable bonds is 27. The summed E-state index contributed by atoms with van der Waals surface area (Å²) >= 11 is 0. The fraction of sp³-hybridized carbons (Fsp3) is 0.595. The second-order valence-electron chi connectivity index (χ2n) is 12.7. The molecule has 1 atom stereocenters. The first-order valence-corrected chi connectivity index (χ1v) is 18.1. The normalized spacial score (nSPS) is 11.4. The molecule has 0 saturated heterocycles. The Kier molecular flexibility index (Phi) is 20.4.